The largest absolute Gasteiger partial charge is 0.493 e. The number of hydrogen-bond donors (Lipinski definition) is 1. The Morgan fingerprint density at radius 2 is 1.70 bits per heavy atom. The third-order valence-electron chi connectivity index (χ3n) is 4.74. The number of ether oxygens (including phenoxy) is 2. The van der Waals surface area contributed by atoms with Crippen LogP contribution in [0, 0.1) is 0 Å². The number of nitrogens with zero attached hydrogens (tertiary/aromatic N) is 3. The standard InChI is InChI=1S/C20H21N3O2.CH4O3S/c1-24-18-11-15-16(12-19(18)25-2)21-13-22-20(15)23-10-6-5-8-14-7-3-4-9-17(14)23;1-5(2,3)4/h3-4,7,9,11-13H,5-6,8,10H2,1-2H3;1H3,(H,2,3,4). The van der Waals surface area contributed by atoms with Gasteiger partial charge in [-0.3, -0.25) is 4.55 Å². The molecule has 0 saturated carbocycles. The van der Waals surface area contributed by atoms with Crippen molar-refractivity contribution in [2.75, 3.05) is 31.9 Å². The van der Waals surface area contributed by atoms with E-state index in [1.165, 1.54) is 17.7 Å². The fourth-order valence-corrected chi connectivity index (χ4v) is 3.50. The van der Waals surface area contributed by atoms with Gasteiger partial charge >= 0.3 is 0 Å². The summed E-state index contributed by atoms with van der Waals surface area (Å²) in [6.45, 7) is 0.942. The molecule has 2 aromatic carbocycles. The molecule has 0 unspecified atom stereocenters. The van der Waals surface area contributed by atoms with E-state index >= 15 is 0 Å². The quantitative estimate of drug-likeness (QED) is 0.628. The normalized spacial score (nSPS) is 13.7. The van der Waals surface area contributed by atoms with Crippen molar-refractivity contribution in [3.05, 3.63) is 48.3 Å². The SMILES string of the molecule is COc1cc2ncnc(N3CCCCc4ccccc43)c2cc1OC.CS(=O)(=O)O. The molecular weight excluding hydrogens is 406 g/mol. The van der Waals surface area contributed by atoms with Crippen LogP contribution in [0.3, 0.4) is 0 Å². The van der Waals surface area contributed by atoms with Gasteiger partial charge in [-0.05, 0) is 37.0 Å². The van der Waals surface area contributed by atoms with Crippen molar-refractivity contribution in [2.24, 2.45) is 0 Å². The summed E-state index contributed by atoms with van der Waals surface area (Å²) < 4.78 is 36.8. The van der Waals surface area contributed by atoms with E-state index in [2.05, 4.69) is 39.1 Å². The zero-order valence-electron chi connectivity index (χ0n) is 17.2. The van der Waals surface area contributed by atoms with E-state index in [0.717, 1.165) is 36.1 Å². The Balaban J connectivity index is 0.000000461. The van der Waals surface area contributed by atoms with Gasteiger partial charge in [0.05, 0.1) is 26.0 Å². The number of rotatable bonds is 3. The summed E-state index contributed by atoms with van der Waals surface area (Å²) in [7, 11) is -0.384. The number of para-hydroxylation sites is 1. The van der Waals surface area contributed by atoms with Crippen molar-refractivity contribution in [1.29, 1.82) is 0 Å². The molecule has 2 heterocycles. The molecule has 4 rings (SSSR count). The monoisotopic (exact) mass is 431 g/mol. The van der Waals surface area contributed by atoms with Crippen molar-refractivity contribution in [1.82, 2.24) is 9.97 Å². The topological polar surface area (TPSA) is 102 Å². The Morgan fingerprint density at radius 1 is 1.03 bits per heavy atom. The minimum absolute atomic E-state index is 0.677. The number of anilines is 2. The Kier molecular flexibility index (Phi) is 6.73. The number of methoxy groups -OCH3 is 2. The zero-order chi connectivity index (χ0) is 21.7. The maximum atomic E-state index is 9.19. The van der Waals surface area contributed by atoms with Crippen molar-refractivity contribution < 1.29 is 22.4 Å². The fraction of sp³-hybridized carbons (Fsp3) is 0.333. The van der Waals surface area contributed by atoms with Gasteiger partial charge in [0, 0.05) is 23.7 Å². The first-order chi connectivity index (χ1) is 14.3. The molecule has 0 aliphatic carbocycles. The highest BCUT2D eigenvalue weighted by Crippen LogP contribution is 2.38. The second-order valence-electron chi connectivity index (χ2n) is 6.89. The summed E-state index contributed by atoms with van der Waals surface area (Å²) in [6, 6.07) is 12.5. The molecule has 0 amide bonds. The van der Waals surface area contributed by atoms with Gasteiger partial charge in [-0.2, -0.15) is 8.42 Å². The van der Waals surface area contributed by atoms with Gasteiger partial charge in [-0.25, -0.2) is 9.97 Å². The first-order valence-corrected chi connectivity index (χ1v) is 11.3. The smallest absolute Gasteiger partial charge is 0.261 e. The molecule has 1 N–H and O–H groups in total. The third-order valence-corrected chi connectivity index (χ3v) is 4.74. The van der Waals surface area contributed by atoms with Gasteiger partial charge in [0.25, 0.3) is 10.1 Å². The van der Waals surface area contributed by atoms with E-state index in [1.807, 2.05) is 12.1 Å². The van der Waals surface area contributed by atoms with E-state index in [-0.39, 0.29) is 0 Å². The van der Waals surface area contributed by atoms with Crippen LogP contribution in [-0.4, -0.2) is 50.0 Å². The minimum Gasteiger partial charge on any atom is -0.493 e. The Hall–Kier alpha value is -2.91. The second-order valence-corrected chi connectivity index (χ2v) is 8.36. The summed E-state index contributed by atoms with van der Waals surface area (Å²) in [6.07, 6.45) is 5.76. The van der Waals surface area contributed by atoms with Crippen LogP contribution in [0.5, 0.6) is 11.5 Å². The molecule has 0 saturated heterocycles. The summed E-state index contributed by atoms with van der Waals surface area (Å²) in [5.41, 5.74) is 3.45. The Labute approximate surface area is 176 Å². The van der Waals surface area contributed by atoms with Crippen LogP contribution in [0.2, 0.25) is 0 Å². The molecule has 9 heteroatoms. The molecule has 0 spiro atoms. The average Bonchev–Trinajstić information content (AvgIpc) is 2.93. The summed E-state index contributed by atoms with van der Waals surface area (Å²) in [4.78, 5) is 11.4. The Bertz CT molecular complexity index is 1130. The molecule has 30 heavy (non-hydrogen) atoms. The van der Waals surface area contributed by atoms with Gasteiger partial charge in [-0.15, -0.1) is 0 Å². The van der Waals surface area contributed by atoms with Crippen molar-refractivity contribution in [2.45, 2.75) is 19.3 Å². The summed E-state index contributed by atoms with van der Waals surface area (Å²) in [5.74, 6) is 2.28. The number of fused-ring (bicyclic) bond motifs is 2. The van der Waals surface area contributed by atoms with E-state index in [4.69, 9.17) is 14.0 Å². The minimum atomic E-state index is -3.67. The molecule has 1 aromatic heterocycles. The predicted molar refractivity (Wildman–Crippen MR) is 117 cm³/mol. The Morgan fingerprint density at radius 3 is 2.40 bits per heavy atom. The van der Waals surface area contributed by atoms with Crippen LogP contribution in [0.15, 0.2) is 42.7 Å². The molecule has 1 aliphatic rings. The number of hydrogen-bond acceptors (Lipinski definition) is 7. The third kappa shape index (κ3) is 5.17. The lowest BCUT2D eigenvalue weighted by Crippen LogP contribution is -2.19. The van der Waals surface area contributed by atoms with Gasteiger partial charge in [-0.1, -0.05) is 18.2 Å². The van der Waals surface area contributed by atoms with Crippen LogP contribution < -0.4 is 14.4 Å². The van der Waals surface area contributed by atoms with Crippen LogP contribution in [0.1, 0.15) is 18.4 Å². The van der Waals surface area contributed by atoms with Crippen LogP contribution >= 0.6 is 0 Å². The second kappa shape index (κ2) is 9.27. The zero-order valence-corrected chi connectivity index (χ0v) is 18.0. The molecule has 0 atom stereocenters. The van der Waals surface area contributed by atoms with E-state index in [1.54, 1.807) is 20.5 Å². The van der Waals surface area contributed by atoms with Gasteiger partial charge in [0.1, 0.15) is 12.1 Å². The molecule has 8 nitrogen and oxygen atoms in total. The van der Waals surface area contributed by atoms with Gasteiger partial charge in [0.2, 0.25) is 0 Å². The maximum absolute atomic E-state index is 9.19. The number of aromatic nitrogens is 2. The van der Waals surface area contributed by atoms with Gasteiger partial charge < -0.3 is 14.4 Å². The highest BCUT2D eigenvalue weighted by atomic mass is 32.2. The van der Waals surface area contributed by atoms with E-state index in [9.17, 15) is 8.42 Å². The molecule has 0 fully saturated rings. The highest BCUT2D eigenvalue weighted by molar-refractivity contribution is 7.85. The molecule has 3 aromatic rings. The van der Waals surface area contributed by atoms with Crippen molar-refractivity contribution in [3.8, 4) is 11.5 Å². The highest BCUT2D eigenvalue weighted by Gasteiger charge is 2.20. The predicted octanol–water partition coefficient (Wildman–Crippen LogP) is 3.63. The average molecular weight is 432 g/mol. The lowest BCUT2D eigenvalue weighted by Gasteiger charge is -2.25. The van der Waals surface area contributed by atoms with Crippen molar-refractivity contribution in [3.63, 3.8) is 0 Å². The van der Waals surface area contributed by atoms with E-state index in [0.29, 0.717) is 17.8 Å². The van der Waals surface area contributed by atoms with Crippen LogP contribution in [-0.2, 0) is 16.5 Å². The lowest BCUT2D eigenvalue weighted by molar-refractivity contribution is 0.356. The summed E-state index contributed by atoms with van der Waals surface area (Å²) in [5, 5.41) is 0.969. The fourth-order valence-electron chi connectivity index (χ4n) is 3.50. The van der Waals surface area contributed by atoms with Crippen LogP contribution in [0.4, 0.5) is 11.5 Å². The lowest BCUT2D eigenvalue weighted by atomic mass is 10.1. The molecule has 1 aliphatic heterocycles. The first-order valence-electron chi connectivity index (χ1n) is 9.46. The first kappa shape index (κ1) is 21.8. The van der Waals surface area contributed by atoms with Crippen LogP contribution in [0.25, 0.3) is 10.9 Å². The van der Waals surface area contributed by atoms with Gasteiger partial charge in [0.15, 0.2) is 11.5 Å². The number of aryl methyl sites for hydroxylation is 1. The molecule has 0 bridgehead atoms. The number of benzene rings is 2. The molecule has 160 valence electrons. The molecule has 0 radical (unpaired) electrons. The van der Waals surface area contributed by atoms with E-state index < -0.39 is 10.1 Å². The van der Waals surface area contributed by atoms with Crippen molar-refractivity contribution >= 4 is 32.5 Å². The molecular formula is C21H25N3O5S. The maximum Gasteiger partial charge on any atom is 0.261 e. The summed E-state index contributed by atoms with van der Waals surface area (Å²) >= 11 is 0.